The maximum atomic E-state index is 11.9. The molecule has 2 aliphatic rings. The molecule has 1 N–H and O–H groups in total. The Labute approximate surface area is 102 Å². The Morgan fingerprint density at radius 2 is 2.12 bits per heavy atom. The van der Waals surface area contributed by atoms with Gasteiger partial charge in [0, 0.05) is 12.0 Å². The predicted molar refractivity (Wildman–Crippen MR) is 64.6 cm³/mol. The van der Waals surface area contributed by atoms with E-state index in [0.29, 0.717) is 17.9 Å². The van der Waals surface area contributed by atoms with Gasteiger partial charge in [-0.05, 0) is 37.0 Å². The lowest BCUT2D eigenvalue weighted by Gasteiger charge is -2.43. The van der Waals surface area contributed by atoms with Crippen LogP contribution in [0, 0.1) is 11.3 Å². The summed E-state index contributed by atoms with van der Waals surface area (Å²) < 4.78 is 0. The Morgan fingerprint density at radius 3 is 2.76 bits per heavy atom. The van der Waals surface area contributed by atoms with Gasteiger partial charge in [-0.3, -0.25) is 9.59 Å². The van der Waals surface area contributed by atoms with E-state index in [9.17, 15) is 9.59 Å². The zero-order valence-corrected chi connectivity index (χ0v) is 10.6. The molecule has 0 saturated heterocycles. The number of ketones is 1. The molecule has 3 nitrogen and oxygen atoms in total. The number of aliphatic carboxylic acids is 1. The minimum absolute atomic E-state index is 0.0661. The van der Waals surface area contributed by atoms with Crippen molar-refractivity contribution < 1.29 is 14.7 Å². The van der Waals surface area contributed by atoms with Crippen LogP contribution in [0.2, 0.25) is 0 Å². The lowest BCUT2D eigenvalue weighted by Crippen LogP contribution is -2.35. The summed E-state index contributed by atoms with van der Waals surface area (Å²) in [6.45, 7) is 4.48. The molecule has 0 spiro atoms. The van der Waals surface area contributed by atoms with E-state index in [4.69, 9.17) is 5.11 Å². The number of carbonyl (C=O) groups excluding carboxylic acids is 1. The van der Waals surface area contributed by atoms with Gasteiger partial charge in [-0.2, -0.15) is 0 Å². The second-order valence-corrected chi connectivity index (χ2v) is 5.93. The van der Waals surface area contributed by atoms with Gasteiger partial charge in [-0.15, -0.1) is 0 Å². The summed E-state index contributed by atoms with van der Waals surface area (Å²) >= 11 is 0. The zero-order valence-electron chi connectivity index (χ0n) is 10.6. The first kappa shape index (κ1) is 12.3. The molecule has 0 aromatic rings. The van der Waals surface area contributed by atoms with Crippen LogP contribution in [0.5, 0.6) is 0 Å². The van der Waals surface area contributed by atoms with E-state index in [1.807, 2.05) is 0 Å². The summed E-state index contributed by atoms with van der Waals surface area (Å²) in [7, 11) is 0. The van der Waals surface area contributed by atoms with Crippen molar-refractivity contribution in [3.05, 3.63) is 11.1 Å². The molecule has 1 unspecified atom stereocenters. The largest absolute Gasteiger partial charge is 0.481 e. The van der Waals surface area contributed by atoms with Crippen molar-refractivity contribution in [2.75, 3.05) is 0 Å². The third-order valence-corrected chi connectivity index (χ3v) is 4.34. The summed E-state index contributed by atoms with van der Waals surface area (Å²) in [5.41, 5.74) is 1.99. The van der Waals surface area contributed by atoms with E-state index in [-0.39, 0.29) is 17.6 Å². The first-order chi connectivity index (χ1) is 7.92. The number of carbonyl (C=O) groups is 2. The third-order valence-electron chi connectivity index (χ3n) is 4.34. The molecule has 17 heavy (non-hydrogen) atoms. The Balaban J connectivity index is 2.39. The molecule has 1 fully saturated rings. The summed E-state index contributed by atoms with van der Waals surface area (Å²) in [5, 5.41) is 8.92. The molecule has 0 radical (unpaired) electrons. The SMILES string of the molecule is CC1(C)CCCC2=C(CC(=O)O)C(=O)CCC21. The summed E-state index contributed by atoms with van der Waals surface area (Å²) in [5.74, 6) is -0.399. The number of allylic oxidation sites excluding steroid dienone is 1. The topological polar surface area (TPSA) is 54.4 Å². The standard InChI is InChI=1S/C14H20O3/c1-14(2)7-3-4-9-10(8-13(16)17)12(15)6-5-11(9)14/h11H,3-8H2,1-2H3,(H,16,17). The number of carboxylic acid groups (broad SMARTS) is 1. The van der Waals surface area contributed by atoms with E-state index in [0.717, 1.165) is 24.8 Å². The molecule has 0 amide bonds. The molecular formula is C14H20O3. The zero-order chi connectivity index (χ0) is 12.6. The fourth-order valence-corrected chi connectivity index (χ4v) is 3.45. The van der Waals surface area contributed by atoms with Crippen LogP contribution in [0.25, 0.3) is 0 Å². The third kappa shape index (κ3) is 2.28. The van der Waals surface area contributed by atoms with Crippen molar-refractivity contribution in [3.8, 4) is 0 Å². The molecule has 0 bridgehead atoms. The number of Topliss-reactive ketones (excluding diaryl/α,β-unsaturated/α-hetero) is 1. The molecule has 2 rings (SSSR count). The molecule has 1 atom stereocenters. The number of rotatable bonds is 2. The van der Waals surface area contributed by atoms with Gasteiger partial charge < -0.3 is 5.11 Å². The average Bonchev–Trinajstić information content (AvgIpc) is 2.21. The highest BCUT2D eigenvalue weighted by molar-refractivity contribution is 6.00. The second-order valence-electron chi connectivity index (χ2n) is 5.93. The van der Waals surface area contributed by atoms with Gasteiger partial charge in [-0.1, -0.05) is 19.4 Å². The summed E-state index contributed by atoms with van der Waals surface area (Å²) in [6.07, 6.45) is 4.53. The highest BCUT2D eigenvalue weighted by atomic mass is 16.4. The lowest BCUT2D eigenvalue weighted by atomic mass is 9.61. The molecular weight excluding hydrogens is 216 g/mol. The van der Waals surface area contributed by atoms with Crippen LogP contribution in [-0.2, 0) is 9.59 Å². The molecule has 0 aliphatic heterocycles. The quantitative estimate of drug-likeness (QED) is 0.802. The van der Waals surface area contributed by atoms with Crippen LogP contribution in [0.4, 0.5) is 0 Å². The normalized spacial score (nSPS) is 27.9. The van der Waals surface area contributed by atoms with Crippen LogP contribution < -0.4 is 0 Å². The smallest absolute Gasteiger partial charge is 0.307 e. The molecule has 94 valence electrons. The van der Waals surface area contributed by atoms with Crippen LogP contribution in [0.3, 0.4) is 0 Å². The van der Waals surface area contributed by atoms with Crippen LogP contribution >= 0.6 is 0 Å². The summed E-state index contributed by atoms with van der Waals surface area (Å²) in [6, 6.07) is 0. The highest BCUT2D eigenvalue weighted by Crippen LogP contribution is 2.49. The van der Waals surface area contributed by atoms with Gasteiger partial charge in [0.2, 0.25) is 0 Å². The van der Waals surface area contributed by atoms with Gasteiger partial charge in [0.1, 0.15) is 0 Å². The van der Waals surface area contributed by atoms with E-state index >= 15 is 0 Å². The predicted octanol–water partition coefficient (Wildman–Crippen LogP) is 2.95. The Morgan fingerprint density at radius 1 is 1.41 bits per heavy atom. The second kappa shape index (κ2) is 4.28. The van der Waals surface area contributed by atoms with Crippen molar-refractivity contribution in [2.45, 2.75) is 52.4 Å². The van der Waals surface area contributed by atoms with Crippen LogP contribution in [0.15, 0.2) is 11.1 Å². The minimum Gasteiger partial charge on any atom is -0.481 e. The van der Waals surface area contributed by atoms with Crippen molar-refractivity contribution in [2.24, 2.45) is 11.3 Å². The van der Waals surface area contributed by atoms with E-state index in [1.165, 1.54) is 6.42 Å². The molecule has 0 heterocycles. The van der Waals surface area contributed by atoms with Crippen molar-refractivity contribution in [1.29, 1.82) is 0 Å². The number of fused-ring (bicyclic) bond motifs is 1. The molecule has 3 heteroatoms. The van der Waals surface area contributed by atoms with E-state index in [1.54, 1.807) is 0 Å². The fraction of sp³-hybridized carbons (Fsp3) is 0.714. The molecule has 1 saturated carbocycles. The van der Waals surface area contributed by atoms with E-state index in [2.05, 4.69) is 13.8 Å². The minimum atomic E-state index is -0.884. The Bertz CT molecular complexity index is 390. The van der Waals surface area contributed by atoms with Crippen molar-refractivity contribution in [3.63, 3.8) is 0 Å². The number of hydrogen-bond acceptors (Lipinski definition) is 2. The maximum Gasteiger partial charge on any atom is 0.307 e. The highest BCUT2D eigenvalue weighted by Gasteiger charge is 2.40. The summed E-state index contributed by atoms with van der Waals surface area (Å²) in [4.78, 5) is 22.7. The molecule has 0 aromatic carbocycles. The number of carboxylic acids is 1. The molecule has 0 aromatic heterocycles. The molecule has 2 aliphatic carbocycles. The maximum absolute atomic E-state index is 11.9. The fourth-order valence-electron chi connectivity index (χ4n) is 3.45. The van der Waals surface area contributed by atoms with Gasteiger partial charge in [-0.25, -0.2) is 0 Å². The first-order valence-electron chi connectivity index (χ1n) is 6.39. The van der Waals surface area contributed by atoms with Crippen molar-refractivity contribution in [1.82, 2.24) is 0 Å². The van der Waals surface area contributed by atoms with Crippen LogP contribution in [-0.4, -0.2) is 16.9 Å². The first-order valence-corrected chi connectivity index (χ1v) is 6.39. The van der Waals surface area contributed by atoms with Gasteiger partial charge >= 0.3 is 5.97 Å². The number of hydrogen-bond donors (Lipinski definition) is 1. The Kier molecular flexibility index (Phi) is 3.11. The lowest BCUT2D eigenvalue weighted by molar-refractivity contribution is -0.137. The average molecular weight is 236 g/mol. The van der Waals surface area contributed by atoms with E-state index < -0.39 is 5.97 Å². The van der Waals surface area contributed by atoms with Gasteiger partial charge in [0.05, 0.1) is 6.42 Å². The van der Waals surface area contributed by atoms with Gasteiger partial charge in [0.15, 0.2) is 5.78 Å². The Hall–Kier alpha value is -1.12. The van der Waals surface area contributed by atoms with Gasteiger partial charge in [0.25, 0.3) is 0 Å². The monoisotopic (exact) mass is 236 g/mol. The van der Waals surface area contributed by atoms with Crippen LogP contribution in [0.1, 0.15) is 52.4 Å². The van der Waals surface area contributed by atoms with Crippen molar-refractivity contribution >= 4 is 11.8 Å².